The molecule has 0 unspecified atom stereocenters. The van der Waals surface area contributed by atoms with E-state index in [4.69, 9.17) is 11.6 Å². The van der Waals surface area contributed by atoms with Gasteiger partial charge in [-0.3, -0.25) is 0 Å². The van der Waals surface area contributed by atoms with Crippen LogP contribution in [0.15, 0.2) is 12.1 Å². The maximum absolute atomic E-state index is 13.7. The van der Waals surface area contributed by atoms with Crippen LogP contribution in [0.1, 0.15) is 5.82 Å². The molecular weight excluding hydrogens is 410 g/mol. The fraction of sp³-hybridized carbons (Fsp3) is 0.385. The van der Waals surface area contributed by atoms with Crippen LogP contribution >= 0.6 is 34.2 Å². The van der Waals surface area contributed by atoms with Gasteiger partial charge in [0.15, 0.2) is 0 Å². The van der Waals surface area contributed by atoms with Crippen molar-refractivity contribution in [2.24, 2.45) is 0 Å². The summed E-state index contributed by atoms with van der Waals surface area (Å²) in [5.41, 5.74) is 1.39. The number of rotatable bonds is 4. The number of amides is 2. The number of nitrogens with one attached hydrogen (secondary N) is 1. The molecule has 2 rings (SSSR count). The number of urea groups is 1. The molecule has 0 radical (unpaired) electrons. The predicted molar refractivity (Wildman–Crippen MR) is 89.1 cm³/mol. The first-order valence-electron chi connectivity index (χ1n) is 6.29. The van der Waals surface area contributed by atoms with Gasteiger partial charge >= 0.3 is 6.03 Å². The fourth-order valence-electron chi connectivity index (χ4n) is 1.95. The van der Waals surface area contributed by atoms with Crippen molar-refractivity contribution in [1.29, 1.82) is 0 Å². The maximum Gasteiger partial charge on any atom is 0.316 e. The normalized spacial score (nSPS) is 10.9. The Morgan fingerprint density at radius 2 is 2.24 bits per heavy atom. The first kappa shape index (κ1) is 16.3. The number of hydrogen-bond acceptors (Lipinski definition) is 2. The monoisotopic (exact) mass is 424 g/mol. The van der Waals surface area contributed by atoms with Crippen molar-refractivity contribution in [1.82, 2.24) is 19.8 Å². The van der Waals surface area contributed by atoms with E-state index >= 15 is 0 Å². The highest BCUT2D eigenvalue weighted by atomic mass is 127. The third-order valence-electron chi connectivity index (χ3n) is 3.01. The molecule has 0 spiro atoms. The molecule has 0 saturated carbocycles. The number of fused-ring (bicyclic) bond motifs is 1. The van der Waals surface area contributed by atoms with Crippen LogP contribution in [0.4, 0.5) is 9.18 Å². The average Bonchev–Trinajstić information content (AvgIpc) is 2.76. The topological polar surface area (TPSA) is 50.2 Å². The van der Waals surface area contributed by atoms with Gasteiger partial charge < -0.3 is 14.8 Å². The third-order valence-corrected chi connectivity index (χ3v) is 4.07. The molecule has 0 saturated heterocycles. The van der Waals surface area contributed by atoms with E-state index in [1.54, 1.807) is 20.2 Å². The first-order chi connectivity index (χ1) is 9.93. The van der Waals surface area contributed by atoms with Crippen molar-refractivity contribution in [2.45, 2.75) is 12.4 Å². The standard InChI is InChI=1S/C13H15ClFIN4O/c1-19(2)13(21)17-3-4-20-11-5-8(15)9(16)6-10(11)18-12(20)7-14/h5-6H,3-4,7H2,1-2H3,(H,17,21). The number of nitrogens with zero attached hydrogens (tertiary/aromatic N) is 3. The van der Waals surface area contributed by atoms with Gasteiger partial charge in [-0.25, -0.2) is 14.2 Å². The Morgan fingerprint density at radius 1 is 1.52 bits per heavy atom. The van der Waals surface area contributed by atoms with E-state index in [1.807, 2.05) is 27.2 Å². The van der Waals surface area contributed by atoms with Gasteiger partial charge in [0, 0.05) is 33.3 Å². The molecule has 8 heteroatoms. The van der Waals surface area contributed by atoms with Gasteiger partial charge in [-0.15, -0.1) is 11.6 Å². The van der Waals surface area contributed by atoms with Crippen molar-refractivity contribution in [2.75, 3.05) is 20.6 Å². The molecular formula is C13H15ClFIN4O. The molecule has 1 heterocycles. The second-order valence-electron chi connectivity index (χ2n) is 4.69. The minimum absolute atomic E-state index is 0.174. The predicted octanol–water partition coefficient (Wildman–Crippen LogP) is 2.79. The van der Waals surface area contributed by atoms with Gasteiger partial charge in [-0.1, -0.05) is 0 Å². The summed E-state index contributed by atoms with van der Waals surface area (Å²) >= 11 is 7.83. The van der Waals surface area contributed by atoms with Crippen molar-refractivity contribution >= 4 is 51.3 Å². The summed E-state index contributed by atoms with van der Waals surface area (Å²) in [6.07, 6.45) is 0. The molecule has 2 aromatic rings. The van der Waals surface area contributed by atoms with E-state index in [-0.39, 0.29) is 17.7 Å². The highest BCUT2D eigenvalue weighted by Gasteiger charge is 2.13. The molecule has 2 amide bonds. The molecule has 114 valence electrons. The zero-order chi connectivity index (χ0) is 15.6. The highest BCUT2D eigenvalue weighted by molar-refractivity contribution is 14.1. The fourth-order valence-corrected chi connectivity index (χ4v) is 2.61. The zero-order valence-corrected chi connectivity index (χ0v) is 14.6. The van der Waals surface area contributed by atoms with Gasteiger partial charge in [0.1, 0.15) is 11.6 Å². The third kappa shape index (κ3) is 3.57. The molecule has 0 aliphatic rings. The summed E-state index contributed by atoms with van der Waals surface area (Å²) in [4.78, 5) is 17.3. The Morgan fingerprint density at radius 3 is 2.86 bits per heavy atom. The Labute approximate surface area is 140 Å². The molecule has 1 N–H and O–H groups in total. The van der Waals surface area contributed by atoms with Crippen LogP contribution in [0.3, 0.4) is 0 Å². The SMILES string of the molecule is CN(C)C(=O)NCCn1c(CCl)nc2cc(I)c(F)cc21. The number of aromatic nitrogens is 2. The second kappa shape index (κ2) is 6.78. The summed E-state index contributed by atoms with van der Waals surface area (Å²) in [7, 11) is 3.34. The van der Waals surface area contributed by atoms with Gasteiger partial charge in [0.05, 0.1) is 20.5 Å². The van der Waals surface area contributed by atoms with Crippen molar-refractivity contribution in [3.05, 3.63) is 27.3 Å². The first-order valence-corrected chi connectivity index (χ1v) is 7.90. The Balaban J connectivity index is 2.25. The highest BCUT2D eigenvalue weighted by Crippen LogP contribution is 2.22. The number of hydrogen-bond donors (Lipinski definition) is 1. The van der Waals surface area contributed by atoms with Crippen molar-refractivity contribution in [3.63, 3.8) is 0 Å². The maximum atomic E-state index is 13.7. The molecule has 0 aliphatic carbocycles. The number of halogens is 3. The smallest absolute Gasteiger partial charge is 0.316 e. The number of benzene rings is 1. The van der Waals surface area contributed by atoms with Gasteiger partial charge in [-0.05, 0) is 28.7 Å². The van der Waals surface area contributed by atoms with E-state index in [2.05, 4.69) is 10.3 Å². The summed E-state index contributed by atoms with van der Waals surface area (Å²) in [5, 5.41) is 2.76. The summed E-state index contributed by atoms with van der Waals surface area (Å²) in [5.74, 6) is 0.601. The minimum Gasteiger partial charge on any atom is -0.336 e. The van der Waals surface area contributed by atoms with Gasteiger partial charge in [0.25, 0.3) is 0 Å². The number of alkyl halides is 1. The molecule has 0 fully saturated rings. The number of carbonyl (C=O) groups excluding carboxylic acids is 1. The lowest BCUT2D eigenvalue weighted by Crippen LogP contribution is -2.36. The van der Waals surface area contributed by atoms with Crippen LogP contribution in [0.2, 0.25) is 0 Å². The van der Waals surface area contributed by atoms with Gasteiger partial charge in [0.2, 0.25) is 0 Å². The molecule has 21 heavy (non-hydrogen) atoms. The van der Waals surface area contributed by atoms with Crippen LogP contribution < -0.4 is 5.32 Å². The second-order valence-corrected chi connectivity index (χ2v) is 6.12. The molecule has 1 aromatic heterocycles. The number of carbonyl (C=O) groups is 1. The molecule has 5 nitrogen and oxygen atoms in total. The van der Waals surface area contributed by atoms with Crippen LogP contribution in [-0.2, 0) is 12.4 Å². The molecule has 0 bridgehead atoms. The Hall–Kier alpha value is -1.09. The molecule has 0 aliphatic heterocycles. The zero-order valence-electron chi connectivity index (χ0n) is 11.7. The molecule has 1 aromatic carbocycles. The lowest BCUT2D eigenvalue weighted by Gasteiger charge is -2.13. The average molecular weight is 425 g/mol. The summed E-state index contributed by atoms with van der Waals surface area (Å²) in [6.45, 7) is 0.901. The summed E-state index contributed by atoms with van der Waals surface area (Å²) in [6, 6.07) is 2.97. The van der Waals surface area contributed by atoms with Crippen molar-refractivity contribution in [3.8, 4) is 0 Å². The van der Waals surface area contributed by atoms with Crippen molar-refractivity contribution < 1.29 is 9.18 Å². The van der Waals surface area contributed by atoms with Crippen LogP contribution in [0.5, 0.6) is 0 Å². The van der Waals surface area contributed by atoms with Crippen LogP contribution in [0.25, 0.3) is 11.0 Å². The quantitative estimate of drug-likeness (QED) is 0.606. The summed E-state index contributed by atoms with van der Waals surface area (Å²) < 4.78 is 16.1. The van der Waals surface area contributed by atoms with E-state index in [0.717, 1.165) is 0 Å². The van der Waals surface area contributed by atoms with E-state index in [0.29, 0.717) is 33.5 Å². The Kier molecular flexibility index (Phi) is 5.26. The lowest BCUT2D eigenvalue weighted by atomic mass is 10.3. The molecule has 0 atom stereocenters. The van der Waals surface area contributed by atoms with Crippen LogP contribution in [-0.4, -0.2) is 41.1 Å². The minimum atomic E-state index is -0.289. The lowest BCUT2D eigenvalue weighted by molar-refractivity contribution is 0.217. The van der Waals surface area contributed by atoms with Crippen LogP contribution in [0, 0.1) is 9.39 Å². The number of imidazole rings is 1. The van der Waals surface area contributed by atoms with E-state index < -0.39 is 0 Å². The van der Waals surface area contributed by atoms with Gasteiger partial charge in [-0.2, -0.15) is 0 Å². The largest absolute Gasteiger partial charge is 0.336 e. The van der Waals surface area contributed by atoms with E-state index in [1.165, 1.54) is 11.0 Å². The Bertz CT molecular complexity index is 674. The van der Waals surface area contributed by atoms with E-state index in [9.17, 15) is 9.18 Å².